The van der Waals surface area contributed by atoms with E-state index in [1.807, 2.05) is 24.3 Å². The lowest BCUT2D eigenvalue weighted by atomic mass is 10.0. The van der Waals surface area contributed by atoms with Crippen LogP contribution in [0.5, 0.6) is 0 Å². The molecule has 4 atom stereocenters. The van der Waals surface area contributed by atoms with Gasteiger partial charge >= 0.3 is 0 Å². The number of carbonyl (C=O) groups is 1. The summed E-state index contributed by atoms with van der Waals surface area (Å²) in [5.41, 5.74) is 0. The van der Waals surface area contributed by atoms with Gasteiger partial charge in [-0.05, 0) is 51.6 Å². The van der Waals surface area contributed by atoms with Crippen LogP contribution >= 0.6 is 0 Å². The maximum atomic E-state index is 12.6. The number of aryl methyl sites for hydroxylation is 2. The Labute approximate surface area is 146 Å². The SMILES string of the molecule is CCc1nccn1CCC(=O)N(C)C1C[C@H]2CC(N(C)C)C[C@H]2C1. The van der Waals surface area contributed by atoms with E-state index in [1.165, 1.54) is 25.7 Å². The lowest BCUT2D eigenvalue weighted by Gasteiger charge is -2.27. The molecule has 2 saturated carbocycles. The average Bonchev–Trinajstić information content (AvgIpc) is 3.24. The predicted octanol–water partition coefficient (Wildman–Crippen LogP) is 2.41. The van der Waals surface area contributed by atoms with Gasteiger partial charge in [0.25, 0.3) is 0 Å². The van der Waals surface area contributed by atoms with E-state index in [0.29, 0.717) is 12.5 Å². The van der Waals surface area contributed by atoms with Gasteiger partial charge in [0.05, 0.1) is 0 Å². The first kappa shape index (κ1) is 17.5. The number of hydrogen-bond acceptors (Lipinski definition) is 3. The van der Waals surface area contributed by atoms with E-state index < -0.39 is 0 Å². The zero-order chi connectivity index (χ0) is 17.3. The second-order valence-electron chi connectivity index (χ2n) is 7.88. The van der Waals surface area contributed by atoms with E-state index in [4.69, 9.17) is 0 Å². The van der Waals surface area contributed by atoms with Crippen LogP contribution in [0.25, 0.3) is 0 Å². The monoisotopic (exact) mass is 332 g/mol. The topological polar surface area (TPSA) is 41.4 Å². The molecule has 2 fully saturated rings. The summed E-state index contributed by atoms with van der Waals surface area (Å²) >= 11 is 0. The summed E-state index contributed by atoms with van der Waals surface area (Å²) in [4.78, 5) is 21.3. The van der Waals surface area contributed by atoms with E-state index in [-0.39, 0.29) is 5.91 Å². The van der Waals surface area contributed by atoms with Crippen LogP contribution in [-0.4, -0.2) is 58.5 Å². The maximum absolute atomic E-state index is 12.6. The van der Waals surface area contributed by atoms with Gasteiger partial charge in [-0.25, -0.2) is 4.98 Å². The Balaban J connectivity index is 1.49. The molecule has 2 unspecified atom stereocenters. The minimum absolute atomic E-state index is 0.278. The normalized spacial score (nSPS) is 29.2. The first-order valence-corrected chi connectivity index (χ1v) is 9.41. The fourth-order valence-corrected chi connectivity index (χ4v) is 4.74. The van der Waals surface area contributed by atoms with E-state index in [9.17, 15) is 4.79 Å². The highest BCUT2D eigenvalue weighted by atomic mass is 16.2. The average molecular weight is 332 g/mol. The fourth-order valence-electron chi connectivity index (χ4n) is 4.74. The van der Waals surface area contributed by atoms with Crippen LogP contribution in [0.2, 0.25) is 0 Å². The Bertz CT molecular complexity index is 553. The van der Waals surface area contributed by atoms with Gasteiger partial charge < -0.3 is 14.4 Å². The first-order chi connectivity index (χ1) is 11.5. The molecule has 0 radical (unpaired) electrons. The van der Waals surface area contributed by atoms with Crippen molar-refractivity contribution in [2.45, 2.75) is 64.1 Å². The highest BCUT2D eigenvalue weighted by Crippen LogP contribution is 2.46. The molecular weight excluding hydrogens is 300 g/mol. The third-order valence-corrected chi connectivity index (χ3v) is 6.32. The van der Waals surface area contributed by atoms with Crippen molar-refractivity contribution >= 4 is 5.91 Å². The lowest BCUT2D eigenvalue weighted by Crippen LogP contribution is -2.37. The molecule has 0 aromatic carbocycles. The highest BCUT2D eigenvalue weighted by Gasteiger charge is 2.43. The van der Waals surface area contributed by atoms with Crippen LogP contribution < -0.4 is 0 Å². The standard InChI is InChI=1S/C19H32N4O/c1-5-18-20-7-9-23(18)8-6-19(24)22(4)17-12-14-10-16(21(2)3)11-15(14)13-17/h7,9,14-17H,5-6,8,10-13H2,1-4H3/t14-,15+,16?,17?. The van der Waals surface area contributed by atoms with Gasteiger partial charge in [-0.3, -0.25) is 4.79 Å². The van der Waals surface area contributed by atoms with Gasteiger partial charge in [0, 0.05) is 50.9 Å². The Morgan fingerprint density at radius 1 is 1.17 bits per heavy atom. The molecule has 134 valence electrons. The predicted molar refractivity (Wildman–Crippen MR) is 95.7 cm³/mol. The smallest absolute Gasteiger partial charge is 0.224 e. The zero-order valence-electron chi connectivity index (χ0n) is 15.6. The summed E-state index contributed by atoms with van der Waals surface area (Å²) in [5.74, 6) is 2.98. The van der Waals surface area contributed by atoms with Crippen LogP contribution in [0.15, 0.2) is 12.4 Å². The minimum atomic E-state index is 0.278. The summed E-state index contributed by atoms with van der Waals surface area (Å²) in [7, 11) is 6.39. The molecule has 24 heavy (non-hydrogen) atoms. The van der Waals surface area contributed by atoms with E-state index in [2.05, 4.69) is 35.5 Å². The van der Waals surface area contributed by atoms with E-state index >= 15 is 0 Å². The molecule has 2 aliphatic carbocycles. The van der Waals surface area contributed by atoms with Crippen molar-refractivity contribution in [3.05, 3.63) is 18.2 Å². The second-order valence-corrected chi connectivity index (χ2v) is 7.88. The Hall–Kier alpha value is -1.36. The number of carbonyl (C=O) groups excluding carboxylic acids is 1. The number of fused-ring (bicyclic) bond motifs is 1. The second kappa shape index (κ2) is 7.26. The number of aromatic nitrogens is 2. The molecule has 0 spiro atoms. The van der Waals surface area contributed by atoms with Gasteiger partial charge in [0.15, 0.2) is 0 Å². The van der Waals surface area contributed by atoms with Crippen LogP contribution in [0.4, 0.5) is 0 Å². The van der Waals surface area contributed by atoms with Crippen molar-refractivity contribution < 1.29 is 4.79 Å². The molecule has 0 aliphatic heterocycles. The summed E-state index contributed by atoms with van der Waals surface area (Å²) in [6, 6.07) is 1.19. The highest BCUT2D eigenvalue weighted by molar-refractivity contribution is 5.76. The molecule has 0 saturated heterocycles. The van der Waals surface area contributed by atoms with E-state index in [1.54, 1.807) is 0 Å². The zero-order valence-corrected chi connectivity index (χ0v) is 15.6. The van der Waals surface area contributed by atoms with Crippen LogP contribution in [0, 0.1) is 11.8 Å². The number of imidazole rings is 1. The van der Waals surface area contributed by atoms with Crippen molar-refractivity contribution in [3.63, 3.8) is 0 Å². The van der Waals surface area contributed by atoms with Gasteiger partial charge in [0.2, 0.25) is 5.91 Å². The Morgan fingerprint density at radius 2 is 1.79 bits per heavy atom. The van der Waals surface area contributed by atoms with Crippen LogP contribution in [-0.2, 0) is 17.8 Å². The van der Waals surface area contributed by atoms with Crippen LogP contribution in [0.1, 0.15) is 44.9 Å². The summed E-state index contributed by atoms with van der Waals surface area (Å²) in [6.45, 7) is 2.85. The molecule has 1 aromatic rings. The van der Waals surface area contributed by atoms with E-state index in [0.717, 1.165) is 36.7 Å². The molecule has 1 amide bonds. The van der Waals surface area contributed by atoms with Gasteiger partial charge in [-0.15, -0.1) is 0 Å². The molecule has 2 aliphatic rings. The molecular formula is C19H32N4O. The Kier molecular flexibility index (Phi) is 5.28. The van der Waals surface area contributed by atoms with Crippen LogP contribution in [0.3, 0.4) is 0 Å². The first-order valence-electron chi connectivity index (χ1n) is 9.41. The summed E-state index contributed by atoms with van der Waals surface area (Å²) in [5, 5.41) is 0. The lowest BCUT2D eigenvalue weighted by molar-refractivity contribution is -0.132. The van der Waals surface area contributed by atoms with Gasteiger partial charge in [0.1, 0.15) is 5.82 Å². The van der Waals surface area contributed by atoms with Crippen molar-refractivity contribution in [1.82, 2.24) is 19.4 Å². The summed E-state index contributed by atoms with van der Waals surface area (Å²) in [6.07, 6.45) is 10.3. The van der Waals surface area contributed by atoms with Gasteiger partial charge in [-0.2, -0.15) is 0 Å². The minimum Gasteiger partial charge on any atom is -0.343 e. The van der Waals surface area contributed by atoms with Crippen molar-refractivity contribution in [2.24, 2.45) is 11.8 Å². The van der Waals surface area contributed by atoms with Crippen molar-refractivity contribution in [3.8, 4) is 0 Å². The molecule has 0 N–H and O–H groups in total. The molecule has 1 heterocycles. The fraction of sp³-hybridized carbons (Fsp3) is 0.789. The summed E-state index contributed by atoms with van der Waals surface area (Å²) < 4.78 is 2.11. The number of hydrogen-bond donors (Lipinski definition) is 0. The Morgan fingerprint density at radius 3 is 2.38 bits per heavy atom. The quantitative estimate of drug-likeness (QED) is 0.803. The third-order valence-electron chi connectivity index (χ3n) is 6.32. The molecule has 1 aromatic heterocycles. The molecule has 5 heteroatoms. The van der Waals surface area contributed by atoms with Gasteiger partial charge in [-0.1, -0.05) is 6.92 Å². The molecule has 0 bridgehead atoms. The number of nitrogens with zero attached hydrogens (tertiary/aromatic N) is 4. The number of rotatable bonds is 6. The maximum Gasteiger partial charge on any atom is 0.224 e. The van der Waals surface area contributed by atoms with Crippen molar-refractivity contribution in [1.29, 1.82) is 0 Å². The largest absolute Gasteiger partial charge is 0.343 e. The third kappa shape index (κ3) is 3.51. The molecule has 3 rings (SSSR count). The molecule has 5 nitrogen and oxygen atoms in total. The number of amides is 1. The van der Waals surface area contributed by atoms with Crippen molar-refractivity contribution in [2.75, 3.05) is 21.1 Å².